The second kappa shape index (κ2) is 9.45. The summed E-state index contributed by atoms with van der Waals surface area (Å²) in [6.07, 6.45) is 3.18. The highest BCUT2D eigenvalue weighted by Crippen LogP contribution is 2.37. The van der Waals surface area contributed by atoms with E-state index in [9.17, 15) is 4.79 Å². The van der Waals surface area contributed by atoms with Crippen LogP contribution >= 0.6 is 24.8 Å². The van der Waals surface area contributed by atoms with E-state index >= 15 is 0 Å². The summed E-state index contributed by atoms with van der Waals surface area (Å²) in [5.41, 5.74) is 1.16. The van der Waals surface area contributed by atoms with Gasteiger partial charge >= 0.3 is 0 Å². The van der Waals surface area contributed by atoms with E-state index in [1.54, 1.807) is 4.68 Å². The van der Waals surface area contributed by atoms with Gasteiger partial charge in [-0.25, -0.2) is 0 Å². The first-order chi connectivity index (χ1) is 12.3. The van der Waals surface area contributed by atoms with Crippen molar-refractivity contribution in [2.75, 3.05) is 19.6 Å². The molecule has 4 rings (SSSR count). The number of hydrogen-bond donors (Lipinski definition) is 3. The molecule has 0 saturated carbocycles. The van der Waals surface area contributed by atoms with Crippen LogP contribution in [0, 0.1) is 5.41 Å². The summed E-state index contributed by atoms with van der Waals surface area (Å²) in [6.45, 7) is 3.33. The Labute approximate surface area is 170 Å². The molecule has 2 fully saturated rings. The van der Waals surface area contributed by atoms with E-state index in [2.05, 4.69) is 31.5 Å². The Kier molecular flexibility index (Phi) is 7.55. The third-order valence-corrected chi connectivity index (χ3v) is 5.30. The predicted molar refractivity (Wildman–Crippen MR) is 106 cm³/mol. The van der Waals surface area contributed by atoms with Crippen molar-refractivity contribution in [1.29, 1.82) is 0 Å². The molecule has 1 aromatic carbocycles. The maximum atomic E-state index is 12.5. The van der Waals surface area contributed by atoms with Gasteiger partial charge in [0.05, 0.1) is 18.3 Å². The number of para-hydroxylation sites is 1. The molecule has 2 saturated heterocycles. The van der Waals surface area contributed by atoms with Gasteiger partial charge in [-0.2, -0.15) is 4.68 Å². The maximum absolute atomic E-state index is 12.5. The van der Waals surface area contributed by atoms with Crippen LogP contribution in [0.5, 0.6) is 0 Å². The van der Waals surface area contributed by atoms with Crippen molar-refractivity contribution < 1.29 is 4.79 Å². The highest BCUT2D eigenvalue weighted by molar-refractivity contribution is 5.85. The van der Waals surface area contributed by atoms with Crippen LogP contribution in [0.25, 0.3) is 5.69 Å². The van der Waals surface area contributed by atoms with E-state index in [-0.39, 0.29) is 42.2 Å². The first-order valence-corrected chi connectivity index (χ1v) is 8.80. The maximum Gasteiger partial charge on any atom is 0.237 e. The molecule has 10 heteroatoms. The van der Waals surface area contributed by atoms with Crippen molar-refractivity contribution in [3.8, 4) is 5.69 Å². The molecule has 0 bridgehead atoms. The average molecular weight is 414 g/mol. The summed E-state index contributed by atoms with van der Waals surface area (Å²) in [4.78, 5) is 12.5. The lowest BCUT2D eigenvalue weighted by Gasteiger charge is -2.33. The van der Waals surface area contributed by atoms with Crippen molar-refractivity contribution in [2.24, 2.45) is 5.41 Å². The Morgan fingerprint density at radius 3 is 2.70 bits per heavy atom. The number of nitrogens with zero attached hydrogens (tertiary/aromatic N) is 4. The minimum Gasteiger partial charge on any atom is -0.347 e. The summed E-state index contributed by atoms with van der Waals surface area (Å²) in [7, 11) is 0. The van der Waals surface area contributed by atoms with Gasteiger partial charge in [0.2, 0.25) is 5.91 Å². The lowest BCUT2D eigenvalue weighted by molar-refractivity contribution is -0.123. The van der Waals surface area contributed by atoms with Gasteiger partial charge in [-0.05, 0) is 60.3 Å². The summed E-state index contributed by atoms with van der Waals surface area (Å²) in [5.74, 6) is 0.646. The molecule has 1 atom stereocenters. The Morgan fingerprint density at radius 1 is 1.22 bits per heavy atom. The fourth-order valence-corrected chi connectivity index (χ4v) is 3.82. The lowest BCUT2D eigenvalue weighted by atomic mass is 9.77. The molecule has 2 aliphatic heterocycles. The zero-order valence-corrected chi connectivity index (χ0v) is 16.6. The molecule has 148 valence electrons. The number of rotatable bonds is 4. The highest BCUT2D eigenvalue weighted by atomic mass is 35.5. The van der Waals surface area contributed by atoms with Crippen LogP contribution in [-0.2, 0) is 11.3 Å². The SMILES string of the molecule is Cl.Cl.O=C(NCc1nnnn1-c1ccccc1)C1CC2(CCNCC2)CN1. The smallest absolute Gasteiger partial charge is 0.237 e. The van der Waals surface area contributed by atoms with Crippen LogP contribution in [0.15, 0.2) is 30.3 Å². The highest BCUT2D eigenvalue weighted by Gasteiger charge is 2.42. The predicted octanol–water partition coefficient (Wildman–Crippen LogP) is 0.854. The van der Waals surface area contributed by atoms with Crippen LogP contribution in [0.1, 0.15) is 25.1 Å². The van der Waals surface area contributed by atoms with Crippen LogP contribution < -0.4 is 16.0 Å². The number of amides is 1. The number of aromatic nitrogens is 4. The van der Waals surface area contributed by atoms with Crippen LogP contribution in [0.4, 0.5) is 0 Å². The van der Waals surface area contributed by atoms with E-state index < -0.39 is 0 Å². The van der Waals surface area contributed by atoms with Crippen molar-refractivity contribution >= 4 is 30.7 Å². The van der Waals surface area contributed by atoms with Crippen molar-refractivity contribution in [2.45, 2.75) is 31.8 Å². The largest absolute Gasteiger partial charge is 0.347 e. The van der Waals surface area contributed by atoms with Gasteiger partial charge < -0.3 is 16.0 Å². The van der Waals surface area contributed by atoms with Crippen LogP contribution in [0.3, 0.4) is 0 Å². The van der Waals surface area contributed by atoms with Gasteiger partial charge in [0.15, 0.2) is 5.82 Å². The fourth-order valence-electron chi connectivity index (χ4n) is 3.82. The van der Waals surface area contributed by atoms with Gasteiger partial charge in [-0.1, -0.05) is 18.2 Å². The van der Waals surface area contributed by atoms with E-state index in [1.165, 1.54) is 0 Å². The van der Waals surface area contributed by atoms with Crippen LogP contribution in [-0.4, -0.2) is 51.8 Å². The molecular formula is C17H25Cl2N7O. The van der Waals surface area contributed by atoms with E-state index in [0.717, 1.165) is 44.6 Å². The summed E-state index contributed by atoms with van der Waals surface area (Å²) in [6, 6.07) is 9.54. The quantitative estimate of drug-likeness (QED) is 0.687. The van der Waals surface area contributed by atoms with Gasteiger partial charge in [-0.3, -0.25) is 4.79 Å². The number of carbonyl (C=O) groups is 1. The Morgan fingerprint density at radius 2 is 1.96 bits per heavy atom. The van der Waals surface area contributed by atoms with Crippen LogP contribution in [0.2, 0.25) is 0 Å². The second-order valence-corrected chi connectivity index (χ2v) is 6.95. The molecule has 2 aliphatic rings. The number of piperidine rings is 1. The number of carbonyl (C=O) groups excluding carboxylic acids is 1. The van der Waals surface area contributed by atoms with E-state index in [0.29, 0.717) is 12.4 Å². The standard InChI is InChI=1S/C17H23N7O.2ClH/c25-16(14-10-17(12-20-14)6-8-18-9-7-17)19-11-15-21-22-23-24(15)13-4-2-1-3-5-13;;/h1-5,14,18,20H,6-12H2,(H,19,25);2*1H. The number of nitrogens with one attached hydrogen (secondary N) is 3. The van der Waals surface area contributed by atoms with Crippen molar-refractivity contribution in [3.63, 3.8) is 0 Å². The first-order valence-electron chi connectivity index (χ1n) is 8.80. The van der Waals surface area contributed by atoms with Gasteiger partial charge in [0.25, 0.3) is 0 Å². The first kappa shape index (κ1) is 21.6. The molecule has 1 spiro atoms. The molecule has 3 N–H and O–H groups in total. The molecule has 1 amide bonds. The Balaban J connectivity index is 0.00000131. The molecular weight excluding hydrogens is 389 g/mol. The van der Waals surface area contributed by atoms with E-state index in [1.807, 2.05) is 30.3 Å². The monoisotopic (exact) mass is 413 g/mol. The van der Waals surface area contributed by atoms with Crippen molar-refractivity contribution in [1.82, 2.24) is 36.2 Å². The average Bonchev–Trinajstić information content (AvgIpc) is 3.29. The Bertz CT molecular complexity index is 734. The molecule has 0 aliphatic carbocycles. The fraction of sp³-hybridized carbons (Fsp3) is 0.529. The molecule has 3 heterocycles. The number of hydrogen-bond acceptors (Lipinski definition) is 6. The molecule has 27 heavy (non-hydrogen) atoms. The van der Waals surface area contributed by atoms with Crippen molar-refractivity contribution in [3.05, 3.63) is 36.2 Å². The zero-order chi connectivity index (χ0) is 17.1. The summed E-state index contributed by atoms with van der Waals surface area (Å²) in [5, 5.41) is 21.5. The molecule has 8 nitrogen and oxygen atoms in total. The number of halogens is 2. The molecule has 0 radical (unpaired) electrons. The minimum atomic E-state index is -0.126. The van der Waals surface area contributed by atoms with E-state index in [4.69, 9.17) is 0 Å². The number of benzene rings is 1. The normalized spacial score (nSPS) is 20.5. The summed E-state index contributed by atoms with van der Waals surface area (Å²) >= 11 is 0. The number of tetrazole rings is 1. The third kappa shape index (κ3) is 4.76. The zero-order valence-electron chi connectivity index (χ0n) is 14.9. The molecule has 1 unspecified atom stereocenters. The topological polar surface area (TPSA) is 96.8 Å². The summed E-state index contributed by atoms with van der Waals surface area (Å²) < 4.78 is 1.65. The Hall–Kier alpha value is -1.74. The van der Waals surface area contributed by atoms with Gasteiger partial charge in [0, 0.05) is 6.54 Å². The third-order valence-electron chi connectivity index (χ3n) is 5.30. The van der Waals surface area contributed by atoms with Gasteiger partial charge in [-0.15, -0.1) is 29.9 Å². The minimum absolute atomic E-state index is 0. The molecule has 1 aromatic heterocycles. The van der Waals surface area contributed by atoms with Gasteiger partial charge in [0.1, 0.15) is 0 Å². The second-order valence-electron chi connectivity index (χ2n) is 6.95. The molecule has 2 aromatic rings. The lowest BCUT2D eigenvalue weighted by Crippen LogP contribution is -2.40.